The molecule has 8 heteroatoms. The number of ether oxygens (including phenoxy) is 1. The van der Waals surface area contributed by atoms with Gasteiger partial charge in [-0.3, -0.25) is 9.89 Å². The van der Waals surface area contributed by atoms with Gasteiger partial charge in [0.2, 0.25) is 0 Å². The van der Waals surface area contributed by atoms with Crippen LogP contribution in [-0.2, 0) is 4.74 Å². The van der Waals surface area contributed by atoms with Crippen molar-refractivity contribution in [1.82, 2.24) is 10.2 Å². The highest BCUT2D eigenvalue weighted by Crippen LogP contribution is 2.17. The first-order valence-corrected chi connectivity index (χ1v) is 8.95. The number of thioether (sulfide) groups is 1. The maximum Gasteiger partial charge on any atom is 0.188 e. The molecule has 0 unspecified atom stereocenters. The molecule has 24 heavy (non-hydrogen) atoms. The third kappa shape index (κ3) is 9.05. The SMILES string of the molecule is I.NC(=NCCCN1CCOCC1)NCCSc1ccc(F)cc1. The summed E-state index contributed by atoms with van der Waals surface area (Å²) < 4.78 is 18.1. The topological polar surface area (TPSA) is 62.9 Å². The van der Waals surface area contributed by atoms with Crippen molar-refractivity contribution < 1.29 is 9.13 Å². The first kappa shape index (κ1) is 21.5. The fourth-order valence-corrected chi connectivity index (χ4v) is 3.02. The number of nitrogens with one attached hydrogen (secondary N) is 1. The summed E-state index contributed by atoms with van der Waals surface area (Å²) in [7, 11) is 0. The third-order valence-corrected chi connectivity index (χ3v) is 4.52. The monoisotopic (exact) mass is 468 g/mol. The Balaban J connectivity index is 0.00000288. The molecule has 1 aliphatic heterocycles. The van der Waals surface area contributed by atoms with E-state index in [2.05, 4.69) is 15.2 Å². The molecular weight excluding hydrogens is 442 g/mol. The van der Waals surface area contributed by atoms with E-state index < -0.39 is 0 Å². The lowest BCUT2D eigenvalue weighted by Crippen LogP contribution is -2.37. The summed E-state index contributed by atoms with van der Waals surface area (Å²) in [6.07, 6.45) is 1.01. The van der Waals surface area contributed by atoms with Crippen molar-refractivity contribution in [2.24, 2.45) is 10.7 Å². The first-order chi connectivity index (χ1) is 11.2. The molecule has 1 aromatic rings. The molecule has 0 spiro atoms. The molecule has 136 valence electrons. The molecule has 0 atom stereocenters. The van der Waals surface area contributed by atoms with Crippen LogP contribution >= 0.6 is 35.7 Å². The zero-order chi connectivity index (χ0) is 16.3. The number of halogens is 2. The van der Waals surface area contributed by atoms with Gasteiger partial charge in [0.05, 0.1) is 13.2 Å². The van der Waals surface area contributed by atoms with Crippen LogP contribution in [0.4, 0.5) is 4.39 Å². The normalized spacial score (nSPS) is 15.8. The zero-order valence-corrected chi connectivity index (χ0v) is 16.9. The zero-order valence-electron chi connectivity index (χ0n) is 13.7. The van der Waals surface area contributed by atoms with Gasteiger partial charge in [-0.2, -0.15) is 0 Å². The van der Waals surface area contributed by atoms with E-state index >= 15 is 0 Å². The van der Waals surface area contributed by atoms with E-state index in [9.17, 15) is 4.39 Å². The minimum atomic E-state index is -0.207. The van der Waals surface area contributed by atoms with Crippen molar-refractivity contribution in [2.45, 2.75) is 11.3 Å². The molecule has 1 heterocycles. The maximum absolute atomic E-state index is 12.8. The molecule has 0 aromatic heterocycles. The molecule has 5 nitrogen and oxygen atoms in total. The lowest BCUT2D eigenvalue weighted by atomic mass is 10.3. The minimum Gasteiger partial charge on any atom is -0.379 e. The van der Waals surface area contributed by atoms with E-state index in [1.54, 1.807) is 23.9 Å². The summed E-state index contributed by atoms with van der Waals surface area (Å²) in [6, 6.07) is 6.51. The van der Waals surface area contributed by atoms with Crippen LogP contribution in [0.1, 0.15) is 6.42 Å². The molecular formula is C16H26FIN4OS. The average Bonchev–Trinajstić information content (AvgIpc) is 2.58. The van der Waals surface area contributed by atoms with Crippen molar-refractivity contribution in [3.05, 3.63) is 30.1 Å². The van der Waals surface area contributed by atoms with E-state index in [-0.39, 0.29) is 29.8 Å². The second kappa shape index (κ2) is 12.7. The summed E-state index contributed by atoms with van der Waals surface area (Å²) >= 11 is 1.66. The highest BCUT2D eigenvalue weighted by atomic mass is 127. The van der Waals surface area contributed by atoms with Crippen LogP contribution in [0.25, 0.3) is 0 Å². The Morgan fingerprint density at radius 1 is 1.29 bits per heavy atom. The van der Waals surface area contributed by atoms with E-state index in [0.717, 1.165) is 63.0 Å². The second-order valence-corrected chi connectivity index (χ2v) is 6.47. The second-order valence-electron chi connectivity index (χ2n) is 5.30. The number of nitrogens with two attached hydrogens (primary N) is 1. The summed E-state index contributed by atoms with van der Waals surface area (Å²) in [5.74, 6) is 1.14. The van der Waals surface area contributed by atoms with Gasteiger partial charge in [0.1, 0.15) is 5.82 Å². The number of morpholine rings is 1. The van der Waals surface area contributed by atoms with E-state index in [0.29, 0.717) is 5.96 Å². The lowest BCUT2D eigenvalue weighted by molar-refractivity contribution is 0.0377. The Hall–Kier alpha value is -0.580. The van der Waals surface area contributed by atoms with Crippen molar-refractivity contribution in [3.8, 4) is 0 Å². The predicted molar refractivity (Wildman–Crippen MR) is 109 cm³/mol. The number of benzene rings is 1. The van der Waals surface area contributed by atoms with Gasteiger partial charge in [-0.15, -0.1) is 35.7 Å². The molecule has 0 radical (unpaired) electrons. The van der Waals surface area contributed by atoms with E-state index in [1.165, 1.54) is 12.1 Å². The molecule has 1 aromatic carbocycles. The Kier molecular flexibility index (Phi) is 11.4. The smallest absolute Gasteiger partial charge is 0.188 e. The number of guanidine groups is 1. The van der Waals surface area contributed by atoms with Crippen LogP contribution < -0.4 is 11.1 Å². The lowest BCUT2D eigenvalue weighted by Gasteiger charge is -2.26. The Morgan fingerprint density at radius 2 is 2.00 bits per heavy atom. The summed E-state index contributed by atoms with van der Waals surface area (Å²) in [6.45, 7) is 6.20. The Bertz CT molecular complexity index is 483. The highest BCUT2D eigenvalue weighted by molar-refractivity contribution is 14.0. The van der Waals surface area contributed by atoms with Crippen LogP contribution in [0.3, 0.4) is 0 Å². The van der Waals surface area contributed by atoms with Gasteiger partial charge in [0, 0.05) is 43.4 Å². The van der Waals surface area contributed by atoms with Gasteiger partial charge in [-0.25, -0.2) is 4.39 Å². The van der Waals surface area contributed by atoms with Crippen LogP contribution in [0.2, 0.25) is 0 Å². The molecule has 0 saturated carbocycles. The number of rotatable bonds is 8. The van der Waals surface area contributed by atoms with Gasteiger partial charge >= 0.3 is 0 Å². The van der Waals surface area contributed by atoms with Crippen molar-refractivity contribution in [3.63, 3.8) is 0 Å². The van der Waals surface area contributed by atoms with Crippen LogP contribution in [0, 0.1) is 5.82 Å². The van der Waals surface area contributed by atoms with Crippen LogP contribution in [0.15, 0.2) is 34.2 Å². The van der Waals surface area contributed by atoms with Crippen molar-refractivity contribution in [2.75, 3.05) is 51.7 Å². The fourth-order valence-electron chi connectivity index (χ4n) is 2.25. The summed E-state index contributed by atoms with van der Waals surface area (Å²) in [5, 5.41) is 3.10. The standard InChI is InChI=1S/C16H25FN4OS.HI/c17-14-2-4-15(5-3-14)23-13-7-20-16(18)19-6-1-8-21-9-11-22-12-10-21;/h2-5H,1,6-13H2,(H3,18,19,20);1H. The van der Waals surface area contributed by atoms with E-state index in [4.69, 9.17) is 10.5 Å². The van der Waals surface area contributed by atoms with Crippen molar-refractivity contribution in [1.29, 1.82) is 0 Å². The number of hydrogen-bond donors (Lipinski definition) is 2. The van der Waals surface area contributed by atoms with Gasteiger partial charge in [-0.05, 0) is 30.7 Å². The van der Waals surface area contributed by atoms with Gasteiger partial charge in [0.15, 0.2) is 5.96 Å². The molecule has 1 saturated heterocycles. The summed E-state index contributed by atoms with van der Waals surface area (Å²) in [4.78, 5) is 7.77. The van der Waals surface area contributed by atoms with Gasteiger partial charge in [0.25, 0.3) is 0 Å². The molecule has 0 aliphatic carbocycles. The van der Waals surface area contributed by atoms with E-state index in [1.807, 2.05) is 0 Å². The van der Waals surface area contributed by atoms with Crippen LogP contribution in [0.5, 0.6) is 0 Å². The number of hydrogen-bond acceptors (Lipinski definition) is 4. The average molecular weight is 468 g/mol. The largest absolute Gasteiger partial charge is 0.379 e. The third-order valence-electron chi connectivity index (χ3n) is 3.51. The number of nitrogens with zero attached hydrogens (tertiary/aromatic N) is 2. The molecule has 3 N–H and O–H groups in total. The molecule has 0 bridgehead atoms. The van der Waals surface area contributed by atoms with Gasteiger partial charge < -0.3 is 15.8 Å². The molecule has 2 rings (SSSR count). The molecule has 1 aliphatic rings. The molecule has 1 fully saturated rings. The van der Waals surface area contributed by atoms with Gasteiger partial charge in [-0.1, -0.05) is 0 Å². The predicted octanol–water partition coefficient (Wildman–Crippen LogP) is 2.16. The highest BCUT2D eigenvalue weighted by Gasteiger charge is 2.08. The Labute approximate surface area is 164 Å². The quantitative estimate of drug-likeness (QED) is 0.201. The fraction of sp³-hybridized carbons (Fsp3) is 0.562. The maximum atomic E-state index is 12.8. The first-order valence-electron chi connectivity index (χ1n) is 7.96. The minimum absolute atomic E-state index is 0. The van der Waals surface area contributed by atoms with Crippen LogP contribution in [-0.4, -0.2) is 62.5 Å². The van der Waals surface area contributed by atoms with Crippen molar-refractivity contribution >= 4 is 41.7 Å². The number of aliphatic imine (C=N–C) groups is 1. The molecule has 0 amide bonds. The summed E-state index contributed by atoms with van der Waals surface area (Å²) in [5.41, 5.74) is 5.84. The Morgan fingerprint density at radius 3 is 2.71 bits per heavy atom.